The lowest BCUT2D eigenvalue weighted by Gasteiger charge is -2.36. The lowest BCUT2D eigenvalue weighted by molar-refractivity contribution is -0.384. The number of non-ortho nitro benzene ring substituents is 1. The van der Waals surface area contributed by atoms with Crippen molar-refractivity contribution in [1.29, 1.82) is 0 Å². The fourth-order valence-corrected chi connectivity index (χ4v) is 2.80. The van der Waals surface area contributed by atoms with E-state index in [-0.39, 0.29) is 17.1 Å². The lowest BCUT2D eigenvalue weighted by atomic mass is 9.92. The van der Waals surface area contributed by atoms with E-state index in [2.05, 4.69) is 21.2 Å². The standard InChI is InChI=1S/C13H15BrN2O4/c14-9-13(5-7-20-8-6-13)15-12(17)10-1-3-11(4-2-10)16(18)19/h1-4H,5-9H2,(H,15,17). The van der Waals surface area contributed by atoms with Crippen LogP contribution in [0.2, 0.25) is 0 Å². The van der Waals surface area contributed by atoms with Gasteiger partial charge in [0.05, 0.1) is 10.5 Å². The van der Waals surface area contributed by atoms with Crippen LogP contribution in [0.3, 0.4) is 0 Å². The predicted molar refractivity (Wildman–Crippen MR) is 77.1 cm³/mol. The van der Waals surface area contributed by atoms with E-state index >= 15 is 0 Å². The third-order valence-corrected chi connectivity index (χ3v) is 4.50. The normalized spacial score (nSPS) is 17.4. The molecule has 20 heavy (non-hydrogen) atoms. The van der Waals surface area contributed by atoms with E-state index < -0.39 is 4.92 Å². The number of nitrogens with zero attached hydrogens (tertiary/aromatic N) is 1. The molecule has 1 saturated heterocycles. The Balaban J connectivity index is 2.08. The number of carbonyl (C=O) groups excluding carboxylic acids is 1. The Morgan fingerprint density at radius 2 is 1.95 bits per heavy atom. The molecule has 0 unspecified atom stereocenters. The van der Waals surface area contributed by atoms with E-state index in [0.29, 0.717) is 24.1 Å². The Kier molecular flexibility index (Phi) is 4.72. The molecule has 6 nitrogen and oxygen atoms in total. The molecule has 0 radical (unpaired) electrons. The number of halogens is 1. The summed E-state index contributed by atoms with van der Waals surface area (Å²) < 4.78 is 5.31. The van der Waals surface area contributed by atoms with Gasteiger partial charge in [-0.3, -0.25) is 14.9 Å². The Bertz CT molecular complexity index is 498. The number of amides is 1. The summed E-state index contributed by atoms with van der Waals surface area (Å²) in [4.78, 5) is 22.3. The van der Waals surface area contributed by atoms with Gasteiger partial charge < -0.3 is 10.1 Å². The highest BCUT2D eigenvalue weighted by Gasteiger charge is 2.33. The Labute approximate surface area is 124 Å². The number of hydrogen-bond acceptors (Lipinski definition) is 4. The number of nitro benzene ring substituents is 1. The fourth-order valence-electron chi connectivity index (χ4n) is 2.10. The van der Waals surface area contributed by atoms with E-state index in [9.17, 15) is 14.9 Å². The van der Waals surface area contributed by atoms with Crippen molar-refractivity contribution >= 4 is 27.5 Å². The fraction of sp³-hybridized carbons (Fsp3) is 0.462. The summed E-state index contributed by atoms with van der Waals surface area (Å²) in [5.41, 5.74) is 0.0853. The Hall–Kier alpha value is -1.47. The van der Waals surface area contributed by atoms with Crippen molar-refractivity contribution in [1.82, 2.24) is 5.32 Å². The Morgan fingerprint density at radius 1 is 1.35 bits per heavy atom. The van der Waals surface area contributed by atoms with Crippen molar-refractivity contribution in [3.8, 4) is 0 Å². The van der Waals surface area contributed by atoms with E-state index in [1.54, 1.807) is 0 Å². The molecule has 1 heterocycles. The minimum atomic E-state index is -0.486. The first-order valence-corrected chi connectivity index (χ1v) is 7.39. The van der Waals surface area contributed by atoms with E-state index in [1.807, 2.05) is 0 Å². The van der Waals surface area contributed by atoms with Crippen LogP contribution in [0.1, 0.15) is 23.2 Å². The molecular formula is C13H15BrN2O4. The van der Waals surface area contributed by atoms with Crippen LogP contribution in [0.5, 0.6) is 0 Å². The number of nitro groups is 1. The van der Waals surface area contributed by atoms with Crippen molar-refractivity contribution in [2.75, 3.05) is 18.5 Å². The summed E-state index contributed by atoms with van der Waals surface area (Å²) in [5.74, 6) is -0.221. The van der Waals surface area contributed by atoms with Gasteiger partial charge in [0.15, 0.2) is 0 Å². The van der Waals surface area contributed by atoms with Crippen molar-refractivity contribution < 1.29 is 14.5 Å². The monoisotopic (exact) mass is 342 g/mol. The number of hydrogen-bond donors (Lipinski definition) is 1. The smallest absolute Gasteiger partial charge is 0.269 e. The number of carbonyl (C=O) groups is 1. The minimum Gasteiger partial charge on any atom is -0.381 e. The zero-order chi connectivity index (χ0) is 14.6. The quantitative estimate of drug-likeness (QED) is 0.517. The average molecular weight is 343 g/mol. The van der Waals surface area contributed by atoms with Crippen LogP contribution >= 0.6 is 15.9 Å². The molecule has 0 atom stereocenters. The Morgan fingerprint density at radius 3 is 2.45 bits per heavy atom. The van der Waals surface area contributed by atoms with Gasteiger partial charge in [-0.05, 0) is 25.0 Å². The summed E-state index contributed by atoms with van der Waals surface area (Å²) in [6, 6.07) is 5.60. The highest BCUT2D eigenvalue weighted by Crippen LogP contribution is 2.24. The molecule has 2 rings (SSSR count). The van der Waals surface area contributed by atoms with Crippen LogP contribution < -0.4 is 5.32 Å². The van der Waals surface area contributed by atoms with Gasteiger partial charge in [0.1, 0.15) is 0 Å². The van der Waals surface area contributed by atoms with Crippen LogP contribution in [0.4, 0.5) is 5.69 Å². The van der Waals surface area contributed by atoms with Crippen molar-refractivity contribution in [2.45, 2.75) is 18.4 Å². The highest BCUT2D eigenvalue weighted by molar-refractivity contribution is 9.09. The molecule has 1 aromatic rings. The van der Waals surface area contributed by atoms with Crippen LogP contribution in [0.15, 0.2) is 24.3 Å². The van der Waals surface area contributed by atoms with E-state index in [0.717, 1.165) is 12.8 Å². The second kappa shape index (κ2) is 6.32. The maximum Gasteiger partial charge on any atom is 0.269 e. The topological polar surface area (TPSA) is 81.5 Å². The van der Waals surface area contributed by atoms with Crippen LogP contribution in [-0.4, -0.2) is 34.9 Å². The molecular weight excluding hydrogens is 328 g/mol. The van der Waals surface area contributed by atoms with Gasteiger partial charge in [0.25, 0.3) is 11.6 Å². The third kappa shape index (κ3) is 3.34. The maximum atomic E-state index is 12.2. The average Bonchev–Trinajstić information content (AvgIpc) is 2.48. The summed E-state index contributed by atoms with van der Waals surface area (Å²) in [6.07, 6.45) is 1.49. The molecule has 0 aliphatic carbocycles. The molecule has 0 saturated carbocycles. The second-order valence-corrected chi connectivity index (χ2v) is 5.35. The first-order valence-electron chi connectivity index (χ1n) is 6.27. The summed E-state index contributed by atoms with van der Waals surface area (Å²) in [6.45, 7) is 1.23. The largest absolute Gasteiger partial charge is 0.381 e. The molecule has 1 aromatic carbocycles. The van der Waals surface area contributed by atoms with Gasteiger partial charge in [0, 0.05) is 36.2 Å². The van der Waals surface area contributed by atoms with E-state index in [1.165, 1.54) is 24.3 Å². The number of ether oxygens (including phenoxy) is 1. The number of benzene rings is 1. The van der Waals surface area contributed by atoms with Crippen LogP contribution in [-0.2, 0) is 4.74 Å². The van der Waals surface area contributed by atoms with Crippen LogP contribution in [0, 0.1) is 10.1 Å². The lowest BCUT2D eigenvalue weighted by Crippen LogP contribution is -2.53. The molecule has 0 spiro atoms. The molecule has 7 heteroatoms. The minimum absolute atomic E-state index is 0.0252. The van der Waals surface area contributed by atoms with Gasteiger partial charge in [0.2, 0.25) is 0 Å². The third-order valence-electron chi connectivity index (χ3n) is 3.42. The first-order chi connectivity index (χ1) is 9.56. The molecule has 0 bridgehead atoms. The van der Waals surface area contributed by atoms with Crippen molar-refractivity contribution in [3.63, 3.8) is 0 Å². The second-order valence-electron chi connectivity index (χ2n) is 4.78. The van der Waals surface area contributed by atoms with Crippen LogP contribution in [0.25, 0.3) is 0 Å². The molecule has 108 valence electrons. The molecule has 1 aliphatic heterocycles. The van der Waals surface area contributed by atoms with Gasteiger partial charge >= 0.3 is 0 Å². The first kappa shape index (κ1) is 14.9. The number of rotatable bonds is 4. The van der Waals surface area contributed by atoms with Gasteiger partial charge in [-0.15, -0.1) is 0 Å². The van der Waals surface area contributed by atoms with Crippen molar-refractivity contribution in [2.24, 2.45) is 0 Å². The van der Waals surface area contributed by atoms with Gasteiger partial charge in [-0.1, -0.05) is 15.9 Å². The molecule has 1 amide bonds. The predicted octanol–water partition coefficient (Wildman–Crippen LogP) is 2.27. The molecule has 1 N–H and O–H groups in total. The van der Waals surface area contributed by atoms with Gasteiger partial charge in [-0.25, -0.2) is 0 Å². The zero-order valence-corrected chi connectivity index (χ0v) is 12.4. The van der Waals surface area contributed by atoms with E-state index in [4.69, 9.17) is 4.74 Å². The summed E-state index contributed by atoms with van der Waals surface area (Å²) >= 11 is 3.44. The SMILES string of the molecule is O=C(NC1(CBr)CCOCC1)c1ccc([N+](=O)[O-])cc1. The summed E-state index contributed by atoms with van der Waals surface area (Å²) in [5, 5.41) is 14.2. The summed E-state index contributed by atoms with van der Waals surface area (Å²) in [7, 11) is 0. The number of alkyl halides is 1. The molecule has 1 fully saturated rings. The zero-order valence-electron chi connectivity index (χ0n) is 10.8. The maximum absolute atomic E-state index is 12.2. The molecule has 1 aliphatic rings. The van der Waals surface area contributed by atoms with Gasteiger partial charge in [-0.2, -0.15) is 0 Å². The molecule has 0 aromatic heterocycles. The van der Waals surface area contributed by atoms with Crippen molar-refractivity contribution in [3.05, 3.63) is 39.9 Å². The highest BCUT2D eigenvalue weighted by atomic mass is 79.9. The number of nitrogens with one attached hydrogen (secondary N) is 1.